The van der Waals surface area contributed by atoms with E-state index in [9.17, 15) is 4.79 Å². The molecule has 1 aliphatic carbocycles. The molecule has 164 valence electrons. The van der Waals surface area contributed by atoms with Crippen molar-refractivity contribution in [2.24, 2.45) is 5.92 Å². The van der Waals surface area contributed by atoms with Crippen LogP contribution in [0.15, 0.2) is 4.52 Å². The lowest BCUT2D eigenvalue weighted by atomic mass is 9.84. The third-order valence-electron chi connectivity index (χ3n) is 5.66. The molecule has 2 unspecified atom stereocenters. The second kappa shape index (κ2) is 10.0. The van der Waals surface area contributed by atoms with Gasteiger partial charge in [0, 0.05) is 5.92 Å². The van der Waals surface area contributed by atoms with Crippen LogP contribution in [0.5, 0.6) is 0 Å². The first kappa shape index (κ1) is 22.2. The minimum absolute atomic E-state index is 0.00154. The Bertz CT molecular complexity index is 648. The van der Waals surface area contributed by atoms with E-state index in [1.807, 2.05) is 20.8 Å². The molecule has 7 nitrogen and oxygen atoms in total. The van der Waals surface area contributed by atoms with Crippen LogP contribution in [0.1, 0.15) is 108 Å². The summed E-state index contributed by atoms with van der Waals surface area (Å²) in [5, 5.41) is 3.83. The predicted octanol–water partition coefficient (Wildman–Crippen LogP) is 5.01. The zero-order chi connectivity index (χ0) is 20.9. The minimum Gasteiger partial charge on any atom is -0.460 e. The summed E-state index contributed by atoms with van der Waals surface area (Å²) in [6.45, 7) is 8.12. The van der Waals surface area contributed by atoms with Gasteiger partial charge in [0.15, 0.2) is 6.29 Å². The summed E-state index contributed by atoms with van der Waals surface area (Å²) in [6.07, 6.45) is 10.7. The molecule has 2 aliphatic rings. The molecule has 1 saturated heterocycles. The van der Waals surface area contributed by atoms with E-state index >= 15 is 0 Å². The highest BCUT2D eigenvalue weighted by Crippen LogP contribution is 2.38. The molecule has 0 amide bonds. The lowest BCUT2D eigenvalue weighted by Gasteiger charge is -2.22. The Labute approximate surface area is 173 Å². The van der Waals surface area contributed by atoms with Crippen LogP contribution < -0.4 is 0 Å². The van der Waals surface area contributed by atoms with Gasteiger partial charge in [-0.1, -0.05) is 44.9 Å². The fourth-order valence-electron chi connectivity index (χ4n) is 4.18. The molecule has 1 aliphatic heterocycles. The molecule has 0 aromatic carbocycles. The van der Waals surface area contributed by atoms with Crippen LogP contribution in [-0.2, 0) is 14.2 Å². The molecule has 0 bridgehead atoms. The lowest BCUT2D eigenvalue weighted by Crippen LogP contribution is -2.22. The topological polar surface area (TPSA) is 87.0 Å². The van der Waals surface area contributed by atoms with E-state index in [4.69, 9.17) is 18.7 Å². The Kier molecular flexibility index (Phi) is 7.68. The smallest absolute Gasteiger partial charge is 0.379 e. The van der Waals surface area contributed by atoms with Crippen molar-refractivity contribution in [1.82, 2.24) is 10.1 Å². The van der Waals surface area contributed by atoms with Gasteiger partial charge in [-0.15, -0.1) is 0 Å². The average Bonchev–Trinajstić information content (AvgIpc) is 3.17. The van der Waals surface area contributed by atoms with Gasteiger partial charge >= 0.3 is 5.97 Å². The molecule has 0 radical (unpaired) electrons. The maximum atomic E-state index is 11.9. The van der Waals surface area contributed by atoms with Crippen molar-refractivity contribution in [2.75, 3.05) is 6.61 Å². The summed E-state index contributed by atoms with van der Waals surface area (Å²) in [6, 6.07) is 0. The number of aromatic nitrogens is 2. The number of nitrogens with zero attached hydrogens (tertiary/aromatic N) is 2. The highest BCUT2D eigenvalue weighted by atomic mass is 16.8. The normalized spacial score (nSPS) is 23.7. The fourth-order valence-corrected chi connectivity index (χ4v) is 4.18. The predicted molar refractivity (Wildman–Crippen MR) is 108 cm³/mol. The third kappa shape index (κ3) is 7.07. The summed E-state index contributed by atoms with van der Waals surface area (Å²) in [4.78, 5) is 16.2. The monoisotopic (exact) mass is 408 g/mol. The molecule has 0 spiro atoms. The van der Waals surface area contributed by atoms with E-state index in [1.165, 1.54) is 38.5 Å². The van der Waals surface area contributed by atoms with Crippen LogP contribution in [0.3, 0.4) is 0 Å². The number of ether oxygens (including phenoxy) is 3. The molecule has 29 heavy (non-hydrogen) atoms. The summed E-state index contributed by atoms with van der Waals surface area (Å²) < 4.78 is 22.1. The van der Waals surface area contributed by atoms with Crippen molar-refractivity contribution in [2.45, 2.75) is 109 Å². The quantitative estimate of drug-likeness (QED) is 0.397. The first-order valence-electron chi connectivity index (χ1n) is 11.2. The molecule has 3 rings (SSSR count). The van der Waals surface area contributed by atoms with Gasteiger partial charge in [-0.25, -0.2) is 4.79 Å². The first-order valence-corrected chi connectivity index (χ1v) is 11.2. The van der Waals surface area contributed by atoms with Gasteiger partial charge in [0.25, 0.3) is 5.82 Å². The molecule has 1 aromatic rings. The van der Waals surface area contributed by atoms with Gasteiger partial charge < -0.3 is 18.7 Å². The molecular formula is C22H36N2O5. The number of esters is 1. The number of hydrogen-bond donors (Lipinski definition) is 0. The Hall–Kier alpha value is -1.47. The number of epoxide rings is 1. The Balaban J connectivity index is 1.58. The second-order valence-corrected chi connectivity index (χ2v) is 9.32. The fraction of sp³-hybridized carbons (Fsp3) is 0.864. The maximum absolute atomic E-state index is 11.9. The third-order valence-corrected chi connectivity index (χ3v) is 5.66. The van der Waals surface area contributed by atoms with Gasteiger partial charge in [-0.3, -0.25) is 0 Å². The average molecular weight is 409 g/mol. The van der Waals surface area contributed by atoms with Crippen LogP contribution in [0.25, 0.3) is 0 Å². The Morgan fingerprint density at radius 1 is 1.24 bits per heavy atom. The number of carbonyl (C=O) groups excluding carboxylic acids is 1. The van der Waals surface area contributed by atoms with Gasteiger partial charge in [0.05, 0.1) is 12.2 Å². The molecule has 1 saturated carbocycles. The van der Waals surface area contributed by atoms with E-state index in [2.05, 4.69) is 10.1 Å². The summed E-state index contributed by atoms with van der Waals surface area (Å²) in [7, 11) is 0. The van der Waals surface area contributed by atoms with Crippen molar-refractivity contribution >= 4 is 5.97 Å². The van der Waals surface area contributed by atoms with Gasteiger partial charge in [-0.2, -0.15) is 4.98 Å². The zero-order valence-corrected chi connectivity index (χ0v) is 18.3. The van der Waals surface area contributed by atoms with Crippen molar-refractivity contribution in [3.63, 3.8) is 0 Å². The van der Waals surface area contributed by atoms with Crippen molar-refractivity contribution < 1.29 is 23.5 Å². The van der Waals surface area contributed by atoms with Crippen molar-refractivity contribution in [1.29, 1.82) is 0 Å². The number of hydrogen-bond acceptors (Lipinski definition) is 7. The molecule has 0 N–H and O–H groups in total. The van der Waals surface area contributed by atoms with Crippen LogP contribution in [-0.4, -0.2) is 40.7 Å². The first-order chi connectivity index (χ1) is 13.9. The second-order valence-electron chi connectivity index (χ2n) is 9.32. The molecule has 2 heterocycles. The number of carbonyl (C=O) groups is 1. The van der Waals surface area contributed by atoms with E-state index < -0.39 is 5.97 Å². The highest BCUT2D eigenvalue weighted by Gasteiger charge is 2.44. The van der Waals surface area contributed by atoms with Gasteiger partial charge in [0.1, 0.15) is 6.10 Å². The molecule has 3 atom stereocenters. The van der Waals surface area contributed by atoms with E-state index in [0.717, 1.165) is 25.2 Å². The van der Waals surface area contributed by atoms with Crippen molar-refractivity contribution in [3.05, 3.63) is 11.7 Å². The standard InChI is InChI=1S/C22H36N2O5/c1-5-26-20(25)18-23-19(29-24-18)16(13-9-12-15-10-7-6-8-11-15)14-17-21(27-17)28-22(2,3)4/h15-17,21H,5-14H2,1-4H3/t16-,17?,21?/m1/s1. The van der Waals surface area contributed by atoms with E-state index in [1.54, 1.807) is 6.92 Å². The van der Waals surface area contributed by atoms with Crippen LogP contribution in [0.4, 0.5) is 0 Å². The number of rotatable bonds is 10. The van der Waals surface area contributed by atoms with Gasteiger partial charge in [0.2, 0.25) is 5.89 Å². The molecule has 7 heteroatoms. The summed E-state index contributed by atoms with van der Waals surface area (Å²) in [5.74, 6) is 0.865. The van der Waals surface area contributed by atoms with Gasteiger partial charge in [-0.05, 0) is 51.6 Å². The Morgan fingerprint density at radius 2 is 2.00 bits per heavy atom. The van der Waals surface area contributed by atoms with Crippen molar-refractivity contribution in [3.8, 4) is 0 Å². The zero-order valence-electron chi connectivity index (χ0n) is 18.3. The highest BCUT2D eigenvalue weighted by molar-refractivity contribution is 5.84. The van der Waals surface area contributed by atoms with Crippen LogP contribution >= 0.6 is 0 Å². The Morgan fingerprint density at radius 3 is 2.69 bits per heavy atom. The van der Waals surface area contributed by atoms with E-state index in [-0.39, 0.29) is 36.3 Å². The van der Waals surface area contributed by atoms with Crippen LogP contribution in [0, 0.1) is 5.92 Å². The molecular weight excluding hydrogens is 372 g/mol. The molecule has 2 fully saturated rings. The lowest BCUT2D eigenvalue weighted by molar-refractivity contribution is -0.0570. The summed E-state index contributed by atoms with van der Waals surface area (Å²) in [5.41, 5.74) is -0.239. The van der Waals surface area contributed by atoms with Crippen LogP contribution in [0.2, 0.25) is 0 Å². The molecule has 1 aromatic heterocycles. The minimum atomic E-state index is -0.542. The summed E-state index contributed by atoms with van der Waals surface area (Å²) >= 11 is 0. The SMILES string of the molecule is CCOC(=O)c1noc([C@H](CCCC2CCCCC2)CC2OC2OC(C)(C)C)n1. The van der Waals surface area contributed by atoms with E-state index in [0.29, 0.717) is 5.89 Å². The largest absolute Gasteiger partial charge is 0.460 e. The maximum Gasteiger partial charge on any atom is 0.379 e.